The molecule has 0 saturated carbocycles. The van der Waals surface area contributed by atoms with Crippen molar-refractivity contribution < 1.29 is 35.9 Å². The van der Waals surface area contributed by atoms with Gasteiger partial charge in [0, 0.05) is 17.4 Å². The van der Waals surface area contributed by atoms with E-state index in [-0.39, 0.29) is 23.6 Å². The zero-order valence-electron chi connectivity index (χ0n) is 20.9. The van der Waals surface area contributed by atoms with Crippen LogP contribution in [0.25, 0.3) is 16.9 Å². The Labute approximate surface area is 223 Å². The first kappa shape index (κ1) is 27.2. The molecule has 0 fully saturated rings. The lowest BCUT2D eigenvalue weighted by molar-refractivity contribution is -0.153. The van der Waals surface area contributed by atoms with E-state index >= 15 is 0 Å². The number of hydrogen-bond acceptors (Lipinski definition) is 5. The number of nitrogens with zero attached hydrogens (tertiary/aromatic N) is 6. The molecule has 0 radical (unpaired) electrons. The van der Waals surface area contributed by atoms with Crippen molar-refractivity contribution in [3.8, 4) is 22.7 Å². The third kappa shape index (κ3) is 5.95. The number of aromatic nitrogens is 5. The van der Waals surface area contributed by atoms with Crippen molar-refractivity contribution in [3.63, 3.8) is 0 Å². The predicted molar refractivity (Wildman–Crippen MR) is 131 cm³/mol. The van der Waals surface area contributed by atoms with Crippen molar-refractivity contribution in [1.82, 2.24) is 24.5 Å². The minimum atomic E-state index is -4.63. The Morgan fingerprint density at radius 2 is 1.77 bits per heavy atom. The highest BCUT2D eigenvalue weighted by Gasteiger charge is 2.39. The second-order valence-electron chi connectivity index (χ2n) is 9.32. The van der Waals surface area contributed by atoms with Crippen LogP contribution in [0.2, 0.25) is 0 Å². The summed E-state index contributed by atoms with van der Waals surface area (Å²) in [6.07, 6.45) is -4.28. The Kier molecular flexibility index (Phi) is 7.02. The van der Waals surface area contributed by atoms with E-state index in [0.717, 1.165) is 0 Å². The number of carbonyl (C=O) groups is 1. The Morgan fingerprint density at radius 3 is 2.48 bits per heavy atom. The molecule has 0 N–H and O–H groups in total. The Balaban J connectivity index is 1.47. The molecule has 0 unspecified atom stereocenters. The molecule has 5 rings (SSSR count). The van der Waals surface area contributed by atoms with Gasteiger partial charge in [0.1, 0.15) is 24.0 Å². The first-order valence-corrected chi connectivity index (χ1v) is 12.1. The number of fused-ring (bicyclic) bond motifs is 1. The number of aryl methyl sites for hydroxylation is 2. The topological polar surface area (TPSA) is 78.1 Å². The van der Waals surface area contributed by atoms with Crippen LogP contribution >= 0.6 is 0 Å². The summed E-state index contributed by atoms with van der Waals surface area (Å²) in [5.74, 6) is -0.891. The summed E-state index contributed by atoms with van der Waals surface area (Å²) in [6, 6.07) is 9.79. The molecule has 0 spiro atoms. The monoisotopic (exact) mass is 564 g/mol. The number of carbonyl (C=O) groups excluding carboxylic acids is 1. The number of hydrogen-bond donors (Lipinski definition) is 0. The number of amides is 1. The van der Waals surface area contributed by atoms with Gasteiger partial charge in [-0.1, -0.05) is 29.5 Å². The van der Waals surface area contributed by atoms with Gasteiger partial charge >= 0.3 is 12.4 Å². The standard InChI is InChI=1S/C26H22F6N6O2/c1-16-11-36(15-33-16)21-8-7-18(10-23(21)40-14-26(30,31)32)19-12-38(35-34-19)22-9-6-17-4-2-3-5-20(17)37(24(22)39)13-25(27,28)29/h2-5,7-8,10-12,15,22H,6,9,13-14H2,1H3/t22-/m0/s1. The fraction of sp³-hybridized carbons (Fsp3) is 0.308. The summed E-state index contributed by atoms with van der Waals surface area (Å²) in [6.45, 7) is -1.27. The van der Waals surface area contributed by atoms with Crippen LogP contribution in [0, 0.1) is 6.92 Å². The third-order valence-corrected chi connectivity index (χ3v) is 6.32. The van der Waals surface area contributed by atoms with Crippen LogP contribution in [0.1, 0.15) is 23.7 Å². The average molecular weight is 564 g/mol. The fourth-order valence-corrected chi connectivity index (χ4v) is 4.56. The Hall–Kier alpha value is -4.36. The number of benzene rings is 2. The van der Waals surface area contributed by atoms with Gasteiger partial charge in [-0.05, 0) is 43.5 Å². The maximum absolute atomic E-state index is 13.4. The van der Waals surface area contributed by atoms with Crippen LogP contribution in [0.15, 0.2) is 61.2 Å². The Morgan fingerprint density at radius 1 is 1.00 bits per heavy atom. The van der Waals surface area contributed by atoms with Gasteiger partial charge in [0.25, 0.3) is 5.91 Å². The summed E-state index contributed by atoms with van der Waals surface area (Å²) < 4.78 is 86.8. The maximum atomic E-state index is 13.4. The molecule has 1 aliphatic heterocycles. The van der Waals surface area contributed by atoms with Crippen molar-refractivity contribution in [2.24, 2.45) is 0 Å². The summed E-state index contributed by atoms with van der Waals surface area (Å²) in [5, 5.41) is 8.06. The summed E-state index contributed by atoms with van der Waals surface area (Å²) in [4.78, 5) is 18.2. The van der Waals surface area contributed by atoms with E-state index in [1.165, 1.54) is 40.0 Å². The predicted octanol–water partition coefficient (Wildman–Crippen LogP) is 5.46. The summed E-state index contributed by atoms with van der Waals surface area (Å²) in [5.41, 5.74) is 2.26. The SMILES string of the molecule is Cc1cn(-c2ccc(-c3cn([C@H]4CCc5ccccc5N(CC(F)(F)F)C4=O)nn3)cc2OCC(F)(F)F)cn1. The maximum Gasteiger partial charge on any atom is 0.422 e. The molecule has 0 aliphatic carbocycles. The van der Waals surface area contributed by atoms with Crippen LogP contribution in [0.4, 0.5) is 32.0 Å². The minimum absolute atomic E-state index is 0.0980. The fourth-order valence-electron chi connectivity index (χ4n) is 4.56. The van der Waals surface area contributed by atoms with Gasteiger partial charge in [0.05, 0.1) is 23.9 Å². The van der Waals surface area contributed by atoms with Crippen LogP contribution in [-0.4, -0.2) is 56.0 Å². The lowest BCUT2D eigenvalue weighted by Crippen LogP contribution is -2.42. The van der Waals surface area contributed by atoms with E-state index in [4.69, 9.17) is 4.74 Å². The van der Waals surface area contributed by atoms with Gasteiger partial charge in [0.15, 0.2) is 6.61 Å². The molecule has 8 nitrogen and oxygen atoms in total. The second-order valence-corrected chi connectivity index (χ2v) is 9.32. The van der Waals surface area contributed by atoms with Crippen molar-refractivity contribution in [2.45, 2.75) is 38.2 Å². The molecule has 0 bridgehead atoms. The molecule has 2 aromatic carbocycles. The zero-order chi connectivity index (χ0) is 28.7. The van der Waals surface area contributed by atoms with Gasteiger partial charge < -0.3 is 14.2 Å². The largest absolute Gasteiger partial charge is 0.482 e. The smallest absolute Gasteiger partial charge is 0.422 e. The van der Waals surface area contributed by atoms with E-state index in [1.807, 2.05) is 0 Å². The van der Waals surface area contributed by atoms with Crippen LogP contribution < -0.4 is 9.64 Å². The van der Waals surface area contributed by atoms with Crippen molar-refractivity contribution in [2.75, 3.05) is 18.1 Å². The highest BCUT2D eigenvalue weighted by atomic mass is 19.4. The van der Waals surface area contributed by atoms with Gasteiger partial charge in [-0.25, -0.2) is 9.67 Å². The van der Waals surface area contributed by atoms with Crippen molar-refractivity contribution in [1.29, 1.82) is 0 Å². The first-order valence-electron chi connectivity index (χ1n) is 12.1. The zero-order valence-corrected chi connectivity index (χ0v) is 20.9. The molecule has 0 saturated heterocycles. The van der Waals surface area contributed by atoms with E-state index in [1.54, 1.807) is 37.4 Å². The van der Waals surface area contributed by atoms with E-state index in [9.17, 15) is 31.1 Å². The van der Waals surface area contributed by atoms with Gasteiger partial charge in [-0.15, -0.1) is 5.10 Å². The van der Waals surface area contributed by atoms with Crippen molar-refractivity contribution >= 4 is 11.6 Å². The normalized spacial score (nSPS) is 16.1. The Bertz CT molecular complexity index is 1530. The number of imidazole rings is 1. The summed E-state index contributed by atoms with van der Waals surface area (Å²) in [7, 11) is 0. The number of ether oxygens (including phenoxy) is 1. The molecule has 1 aliphatic rings. The van der Waals surface area contributed by atoms with Gasteiger partial charge in [-0.2, -0.15) is 26.3 Å². The molecule has 4 aromatic rings. The minimum Gasteiger partial charge on any atom is -0.482 e. The van der Waals surface area contributed by atoms with Crippen LogP contribution in [0.3, 0.4) is 0 Å². The number of anilines is 1. The van der Waals surface area contributed by atoms with Crippen LogP contribution in [0.5, 0.6) is 5.75 Å². The quantitative estimate of drug-likeness (QED) is 0.291. The number of alkyl halides is 6. The van der Waals surface area contributed by atoms with Crippen molar-refractivity contribution in [3.05, 3.63) is 72.4 Å². The highest BCUT2D eigenvalue weighted by Crippen LogP contribution is 2.35. The van der Waals surface area contributed by atoms with Gasteiger partial charge in [-0.3, -0.25) is 4.79 Å². The molecule has 2 aromatic heterocycles. The number of rotatable bonds is 6. The highest BCUT2D eigenvalue weighted by molar-refractivity contribution is 5.97. The average Bonchev–Trinajstić information content (AvgIpc) is 3.52. The second kappa shape index (κ2) is 10.3. The van der Waals surface area contributed by atoms with E-state index in [0.29, 0.717) is 33.8 Å². The molecular formula is C26H22F6N6O2. The number of para-hydroxylation sites is 1. The van der Waals surface area contributed by atoms with E-state index < -0.39 is 37.5 Å². The number of halogens is 6. The lowest BCUT2D eigenvalue weighted by atomic mass is 10.1. The van der Waals surface area contributed by atoms with E-state index in [2.05, 4.69) is 15.3 Å². The lowest BCUT2D eigenvalue weighted by Gasteiger charge is -2.26. The first-order chi connectivity index (χ1) is 18.9. The molecule has 40 heavy (non-hydrogen) atoms. The molecular weight excluding hydrogens is 542 g/mol. The molecule has 14 heteroatoms. The van der Waals surface area contributed by atoms with Gasteiger partial charge in [0.2, 0.25) is 0 Å². The molecule has 1 atom stereocenters. The molecule has 3 heterocycles. The summed E-state index contributed by atoms with van der Waals surface area (Å²) >= 11 is 0. The molecule has 1 amide bonds. The third-order valence-electron chi connectivity index (χ3n) is 6.32. The van der Waals surface area contributed by atoms with Crippen LogP contribution in [-0.2, 0) is 11.2 Å². The molecule has 210 valence electrons.